The number of hydrogen-bond acceptors (Lipinski definition) is 5. The summed E-state index contributed by atoms with van der Waals surface area (Å²) in [5.74, 6) is 0. The van der Waals surface area contributed by atoms with Gasteiger partial charge in [-0.2, -0.15) is 0 Å². The largest absolute Gasteiger partial charge is 0.384 e. The van der Waals surface area contributed by atoms with Crippen molar-refractivity contribution >= 4 is 15.7 Å². The second kappa shape index (κ2) is 5.44. The second-order valence-electron chi connectivity index (χ2n) is 4.87. The van der Waals surface area contributed by atoms with E-state index in [1.807, 2.05) is 13.8 Å². The Hall–Kier alpha value is -1.18. The van der Waals surface area contributed by atoms with Crippen LogP contribution in [0.2, 0.25) is 0 Å². The highest BCUT2D eigenvalue weighted by Gasteiger charge is 2.35. The average Bonchev–Trinajstić information content (AvgIpc) is 2.76. The van der Waals surface area contributed by atoms with Gasteiger partial charge in [-0.1, -0.05) is 0 Å². The third-order valence-electron chi connectivity index (χ3n) is 3.04. The first-order chi connectivity index (χ1) is 8.97. The van der Waals surface area contributed by atoms with Crippen molar-refractivity contribution in [2.45, 2.75) is 30.7 Å². The molecule has 0 spiro atoms. The van der Waals surface area contributed by atoms with E-state index in [0.717, 1.165) is 0 Å². The number of ether oxygens (including phenoxy) is 1. The Labute approximate surface area is 113 Å². The summed E-state index contributed by atoms with van der Waals surface area (Å²) in [6.45, 7) is 5.37. The quantitative estimate of drug-likeness (QED) is 0.842. The van der Waals surface area contributed by atoms with Crippen molar-refractivity contribution in [3.05, 3.63) is 18.5 Å². The van der Waals surface area contributed by atoms with Crippen molar-refractivity contribution < 1.29 is 13.2 Å². The van der Waals surface area contributed by atoms with Crippen LogP contribution in [-0.4, -0.2) is 38.7 Å². The smallest absolute Gasteiger partial charge is 0.244 e. The van der Waals surface area contributed by atoms with E-state index >= 15 is 0 Å². The Kier molecular flexibility index (Phi) is 4.07. The molecule has 0 saturated carbocycles. The Bertz CT molecular complexity index is 539. The van der Waals surface area contributed by atoms with Crippen LogP contribution in [0.15, 0.2) is 23.4 Å². The van der Waals surface area contributed by atoms with E-state index in [0.29, 0.717) is 31.9 Å². The van der Waals surface area contributed by atoms with E-state index in [4.69, 9.17) is 4.74 Å². The highest BCUT2D eigenvalue weighted by molar-refractivity contribution is 7.89. The van der Waals surface area contributed by atoms with Gasteiger partial charge in [-0.25, -0.2) is 13.1 Å². The average molecular weight is 285 g/mol. The molecule has 0 aliphatic carbocycles. The van der Waals surface area contributed by atoms with Crippen LogP contribution in [0.1, 0.15) is 20.3 Å². The number of hydrogen-bond donors (Lipinski definition) is 2. The Morgan fingerprint density at radius 2 is 2.32 bits per heavy atom. The Balaban J connectivity index is 2.29. The van der Waals surface area contributed by atoms with E-state index in [1.54, 1.807) is 12.3 Å². The number of sulfonamides is 1. The van der Waals surface area contributed by atoms with Gasteiger partial charge in [0.25, 0.3) is 0 Å². The van der Waals surface area contributed by atoms with Crippen LogP contribution in [-0.2, 0) is 14.8 Å². The molecule has 2 N–H and O–H groups in total. The highest BCUT2D eigenvalue weighted by Crippen LogP contribution is 2.24. The van der Waals surface area contributed by atoms with Gasteiger partial charge in [0, 0.05) is 25.5 Å². The molecule has 0 amide bonds. The lowest BCUT2D eigenvalue weighted by Gasteiger charge is -2.23. The summed E-state index contributed by atoms with van der Waals surface area (Å²) in [5, 5.41) is 3.03. The summed E-state index contributed by atoms with van der Waals surface area (Å²) < 4.78 is 32.9. The molecule has 6 nitrogen and oxygen atoms in total. The van der Waals surface area contributed by atoms with Crippen LogP contribution < -0.4 is 10.0 Å². The summed E-state index contributed by atoms with van der Waals surface area (Å²) in [4.78, 5) is 4.07. The van der Waals surface area contributed by atoms with Crippen molar-refractivity contribution in [3.63, 3.8) is 0 Å². The molecule has 1 atom stereocenters. The first-order valence-corrected chi connectivity index (χ1v) is 7.75. The molecule has 0 aromatic carbocycles. The SMILES string of the molecule is CCNc1ccncc1S(=O)(=O)NC1(C)CCOC1. The molecule has 0 bridgehead atoms. The third-order valence-corrected chi connectivity index (χ3v) is 4.71. The summed E-state index contributed by atoms with van der Waals surface area (Å²) in [6.07, 6.45) is 3.60. The predicted octanol–water partition coefficient (Wildman–Crippen LogP) is 0.971. The minimum Gasteiger partial charge on any atom is -0.384 e. The number of anilines is 1. The lowest BCUT2D eigenvalue weighted by Crippen LogP contribution is -2.46. The standard InChI is InChI=1S/C12H19N3O3S/c1-3-14-10-4-6-13-8-11(10)19(16,17)15-12(2)5-7-18-9-12/h4,6,8,15H,3,5,7,9H2,1-2H3,(H,13,14). The molecule has 1 aromatic heterocycles. The van der Waals surface area contributed by atoms with Crippen LogP contribution in [0, 0.1) is 0 Å². The first-order valence-electron chi connectivity index (χ1n) is 6.26. The molecule has 19 heavy (non-hydrogen) atoms. The van der Waals surface area contributed by atoms with E-state index < -0.39 is 15.6 Å². The fraction of sp³-hybridized carbons (Fsp3) is 0.583. The van der Waals surface area contributed by atoms with Crippen molar-refractivity contribution in [2.75, 3.05) is 25.1 Å². The normalized spacial score (nSPS) is 23.5. The van der Waals surface area contributed by atoms with Gasteiger partial charge in [0.05, 0.1) is 17.8 Å². The van der Waals surface area contributed by atoms with Gasteiger partial charge in [-0.3, -0.25) is 4.98 Å². The van der Waals surface area contributed by atoms with Gasteiger partial charge < -0.3 is 10.1 Å². The summed E-state index contributed by atoms with van der Waals surface area (Å²) in [6, 6.07) is 1.66. The second-order valence-corrected chi connectivity index (χ2v) is 6.52. The molecule has 1 unspecified atom stereocenters. The van der Waals surface area contributed by atoms with E-state index in [2.05, 4.69) is 15.0 Å². The molecule has 0 radical (unpaired) electrons. The molecule has 2 heterocycles. The topological polar surface area (TPSA) is 80.3 Å². The minimum absolute atomic E-state index is 0.171. The lowest BCUT2D eigenvalue weighted by atomic mass is 10.0. The van der Waals surface area contributed by atoms with Gasteiger partial charge in [0.1, 0.15) is 4.90 Å². The van der Waals surface area contributed by atoms with Gasteiger partial charge >= 0.3 is 0 Å². The number of aromatic nitrogens is 1. The maximum absolute atomic E-state index is 12.4. The molecule has 1 aliphatic rings. The number of nitrogens with one attached hydrogen (secondary N) is 2. The number of rotatable bonds is 5. The number of pyridine rings is 1. The maximum Gasteiger partial charge on any atom is 0.244 e. The summed E-state index contributed by atoms with van der Waals surface area (Å²) in [7, 11) is -3.61. The zero-order valence-electron chi connectivity index (χ0n) is 11.1. The molecule has 1 fully saturated rings. The molecule has 1 aromatic rings. The third kappa shape index (κ3) is 3.23. The molecule has 106 valence electrons. The van der Waals surface area contributed by atoms with E-state index in [1.165, 1.54) is 6.20 Å². The van der Waals surface area contributed by atoms with Crippen LogP contribution in [0.5, 0.6) is 0 Å². The van der Waals surface area contributed by atoms with Crippen molar-refractivity contribution in [1.82, 2.24) is 9.71 Å². The molecular formula is C12H19N3O3S. The van der Waals surface area contributed by atoms with E-state index in [-0.39, 0.29) is 4.90 Å². The van der Waals surface area contributed by atoms with Crippen molar-refractivity contribution in [2.24, 2.45) is 0 Å². The number of nitrogens with zero attached hydrogens (tertiary/aromatic N) is 1. The fourth-order valence-electron chi connectivity index (χ4n) is 2.06. The van der Waals surface area contributed by atoms with Gasteiger partial charge in [0.15, 0.2) is 0 Å². The molecule has 7 heteroatoms. The molecule has 2 rings (SSSR count). The van der Waals surface area contributed by atoms with Crippen LogP contribution in [0.4, 0.5) is 5.69 Å². The van der Waals surface area contributed by atoms with E-state index in [9.17, 15) is 8.42 Å². The molecule has 1 saturated heterocycles. The minimum atomic E-state index is -3.61. The van der Waals surface area contributed by atoms with Crippen molar-refractivity contribution in [1.29, 1.82) is 0 Å². The van der Waals surface area contributed by atoms with Crippen LogP contribution in [0.3, 0.4) is 0 Å². The van der Waals surface area contributed by atoms with Crippen molar-refractivity contribution in [3.8, 4) is 0 Å². The summed E-state index contributed by atoms with van der Waals surface area (Å²) >= 11 is 0. The molecular weight excluding hydrogens is 266 g/mol. The van der Waals surface area contributed by atoms with Crippen LogP contribution >= 0.6 is 0 Å². The zero-order valence-corrected chi connectivity index (χ0v) is 12.0. The van der Waals surface area contributed by atoms with Gasteiger partial charge in [-0.05, 0) is 26.3 Å². The van der Waals surface area contributed by atoms with Gasteiger partial charge in [-0.15, -0.1) is 0 Å². The summed E-state index contributed by atoms with van der Waals surface area (Å²) in [5.41, 5.74) is 0.0190. The highest BCUT2D eigenvalue weighted by atomic mass is 32.2. The maximum atomic E-state index is 12.4. The monoisotopic (exact) mass is 285 g/mol. The molecule has 1 aliphatic heterocycles. The van der Waals surface area contributed by atoms with Gasteiger partial charge in [0.2, 0.25) is 10.0 Å². The Morgan fingerprint density at radius 1 is 1.53 bits per heavy atom. The van der Waals surface area contributed by atoms with Crippen LogP contribution in [0.25, 0.3) is 0 Å². The first kappa shape index (κ1) is 14.2. The zero-order chi connectivity index (χ0) is 13.9. The lowest BCUT2D eigenvalue weighted by molar-refractivity contribution is 0.178. The Morgan fingerprint density at radius 3 is 2.95 bits per heavy atom. The fourth-order valence-corrected chi connectivity index (χ4v) is 3.61. The predicted molar refractivity (Wildman–Crippen MR) is 72.6 cm³/mol.